The molecule has 0 bridgehead atoms. The highest BCUT2D eigenvalue weighted by atomic mass is 79.9. The zero-order chi connectivity index (χ0) is 12.1. The summed E-state index contributed by atoms with van der Waals surface area (Å²) in [5.41, 5.74) is 0.788. The minimum Gasteiger partial charge on any atom is -0.157 e. The molecule has 96 valence electrons. The van der Waals surface area contributed by atoms with Crippen molar-refractivity contribution in [1.82, 2.24) is 0 Å². The van der Waals surface area contributed by atoms with Gasteiger partial charge in [-0.2, -0.15) is 15.8 Å². The standard InChI is InChI=1S/C14H30BBr/c1-3-5-7-9-10-12-14-15(16)13-11-8-6-4-2/h3-14H2,1-2H3. The first-order valence-electron chi connectivity index (χ1n) is 7.45. The Bertz CT molecular complexity index is 128. The van der Waals surface area contributed by atoms with E-state index in [0.29, 0.717) is 0 Å². The van der Waals surface area contributed by atoms with Gasteiger partial charge >= 0.3 is 0 Å². The summed E-state index contributed by atoms with van der Waals surface area (Å²) in [5.74, 6) is 0. The highest BCUT2D eigenvalue weighted by Gasteiger charge is 2.07. The molecule has 0 aliphatic carbocycles. The lowest BCUT2D eigenvalue weighted by molar-refractivity contribution is 0.623. The Balaban J connectivity index is 3.08. The molecule has 0 spiro atoms. The zero-order valence-electron chi connectivity index (χ0n) is 11.4. The molecule has 2 heteroatoms. The molecule has 0 aromatic heterocycles. The van der Waals surface area contributed by atoms with Gasteiger partial charge in [-0.3, -0.25) is 0 Å². The molecule has 0 radical (unpaired) electrons. The first-order valence-corrected chi connectivity index (χ1v) is 8.36. The lowest BCUT2D eigenvalue weighted by atomic mass is 9.67. The van der Waals surface area contributed by atoms with Crippen LogP contribution in [-0.4, -0.2) is 5.54 Å². The monoisotopic (exact) mass is 288 g/mol. The Hall–Kier alpha value is 0.545. The van der Waals surface area contributed by atoms with E-state index in [1.165, 1.54) is 76.8 Å². The van der Waals surface area contributed by atoms with Gasteiger partial charge in [-0.05, 0) is 0 Å². The van der Waals surface area contributed by atoms with E-state index in [1.807, 2.05) is 0 Å². The summed E-state index contributed by atoms with van der Waals surface area (Å²) < 4.78 is 0. The minimum absolute atomic E-state index is 0.788. The van der Waals surface area contributed by atoms with Crippen LogP contribution in [0.15, 0.2) is 0 Å². The van der Waals surface area contributed by atoms with Gasteiger partial charge in [-0.1, -0.05) is 90.7 Å². The Morgan fingerprint density at radius 3 is 1.50 bits per heavy atom. The Labute approximate surface area is 112 Å². The van der Waals surface area contributed by atoms with E-state index in [1.54, 1.807) is 0 Å². The van der Waals surface area contributed by atoms with Crippen LogP contribution < -0.4 is 0 Å². The van der Waals surface area contributed by atoms with E-state index in [-0.39, 0.29) is 0 Å². The molecule has 0 atom stereocenters. The van der Waals surface area contributed by atoms with Gasteiger partial charge in [0.15, 0.2) is 0 Å². The molecule has 0 heterocycles. The number of hydrogen-bond acceptors (Lipinski definition) is 0. The van der Waals surface area contributed by atoms with E-state index in [2.05, 4.69) is 29.6 Å². The van der Waals surface area contributed by atoms with Crippen molar-refractivity contribution in [3.05, 3.63) is 0 Å². The second-order valence-electron chi connectivity index (χ2n) is 5.00. The number of halogens is 1. The SMILES string of the molecule is CCCCCCCCB(Br)CCCCCC. The summed E-state index contributed by atoms with van der Waals surface area (Å²) in [5, 5.41) is 0. The molecule has 0 rings (SSSR count). The molecule has 0 aliphatic rings. The lowest BCUT2D eigenvalue weighted by Crippen LogP contribution is -2.01. The molecule has 0 saturated heterocycles. The smallest absolute Gasteiger partial charge is 0.157 e. The van der Waals surface area contributed by atoms with Crippen LogP contribution in [0.3, 0.4) is 0 Å². The van der Waals surface area contributed by atoms with Crippen molar-refractivity contribution in [1.29, 1.82) is 0 Å². The number of unbranched alkanes of at least 4 members (excludes halogenated alkanes) is 8. The van der Waals surface area contributed by atoms with Crippen LogP contribution in [0, 0.1) is 0 Å². The van der Waals surface area contributed by atoms with Crippen LogP contribution in [0.1, 0.15) is 78.1 Å². The van der Waals surface area contributed by atoms with Crippen molar-refractivity contribution >= 4 is 21.3 Å². The Morgan fingerprint density at radius 1 is 0.625 bits per heavy atom. The molecule has 16 heavy (non-hydrogen) atoms. The molecule has 0 aromatic rings. The second kappa shape index (κ2) is 13.6. The van der Waals surface area contributed by atoms with Gasteiger partial charge < -0.3 is 0 Å². The van der Waals surface area contributed by atoms with Crippen molar-refractivity contribution in [2.45, 2.75) is 90.7 Å². The van der Waals surface area contributed by atoms with Crippen LogP contribution >= 0.6 is 15.8 Å². The molecule has 0 fully saturated rings. The summed E-state index contributed by atoms with van der Waals surface area (Å²) in [6.45, 7) is 4.56. The summed E-state index contributed by atoms with van der Waals surface area (Å²) >= 11 is 3.81. The van der Waals surface area contributed by atoms with E-state index >= 15 is 0 Å². The van der Waals surface area contributed by atoms with E-state index in [4.69, 9.17) is 0 Å². The maximum atomic E-state index is 3.81. The van der Waals surface area contributed by atoms with E-state index < -0.39 is 0 Å². The van der Waals surface area contributed by atoms with E-state index in [0.717, 1.165) is 5.54 Å². The zero-order valence-corrected chi connectivity index (χ0v) is 13.0. The first-order chi connectivity index (χ1) is 7.81. The van der Waals surface area contributed by atoms with E-state index in [9.17, 15) is 0 Å². The third-order valence-corrected chi connectivity index (χ3v) is 4.16. The fourth-order valence-corrected chi connectivity index (χ4v) is 2.73. The maximum Gasteiger partial charge on any atom is 0.222 e. The van der Waals surface area contributed by atoms with Crippen LogP contribution in [0.25, 0.3) is 0 Å². The Kier molecular flexibility index (Phi) is 14.1. The molecule has 0 N–H and O–H groups in total. The number of rotatable bonds is 12. The van der Waals surface area contributed by atoms with Crippen molar-refractivity contribution in [2.24, 2.45) is 0 Å². The summed E-state index contributed by atoms with van der Waals surface area (Å²) in [6, 6.07) is 0. The van der Waals surface area contributed by atoms with Crippen LogP contribution in [0.5, 0.6) is 0 Å². The van der Waals surface area contributed by atoms with Crippen LogP contribution in [-0.2, 0) is 0 Å². The topological polar surface area (TPSA) is 0 Å². The third kappa shape index (κ3) is 12.6. The molecule has 0 saturated carbocycles. The van der Waals surface area contributed by atoms with Gasteiger partial charge in [0, 0.05) is 0 Å². The normalized spacial score (nSPS) is 10.7. The Morgan fingerprint density at radius 2 is 1.00 bits per heavy atom. The van der Waals surface area contributed by atoms with Gasteiger partial charge in [0.25, 0.3) is 0 Å². The molecular formula is C14H30BBr. The summed E-state index contributed by atoms with van der Waals surface area (Å²) in [4.78, 5) is 0. The molecule has 0 aromatic carbocycles. The molecular weight excluding hydrogens is 259 g/mol. The first kappa shape index (κ1) is 16.5. The molecule has 0 unspecified atom stereocenters. The van der Waals surface area contributed by atoms with Crippen LogP contribution in [0.2, 0.25) is 12.6 Å². The van der Waals surface area contributed by atoms with Gasteiger partial charge in [-0.15, -0.1) is 0 Å². The fourth-order valence-electron chi connectivity index (χ4n) is 2.08. The predicted molar refractivity (Wildman–Crippen MR) is 81.8 cm³/mol. The van der Waals surface area contributed by atoms with Crippen molar-refractivity contribution in [3.63, 3.8) is 0 Å². The second-order valence-corrected chi connectivity index (χ2v) is 6.30. The molecule has 0 nitrogen and oxygen atoms in total. The van der Waals surface area contributed by atoms with Crippen molar-refractivity contribution < 1.29 is 0 Å². The average Bonchev–Trinajstić information content (AvgIpc) is 2.29. The predicted octanol–water partition coefficient (Wildman–Crippen LogP) is 6.31. The quantitative estimate of drug-likeness (QED) is 0.291. The van der Waals surface area contributed by atoms with Gasteiger partial charge in [-0.25, -0.2) is 0 Å². The lowest BCUT2D eigenvalue weighted by Gasteiger charge is -2.06. The van der Waals surface area contributed by atoms with Gasteiger partial charge in [0.2, 0.25) is 5.54 Å². The summed E-state index contributed by atoms with van der Waals surface area (Å²) in [6.07, 6.45) is 16.9. The minimum atomic E-state index is 0.788. The fraction of sp³-hybridized carbons (Fsp3) is 1.00. The summed E-state index contributed by atoms with van der Waals surface area (Å²) in [7, 11) is 0. The van der Waals surface area contributed by atoms with Crippen molar-refractivity contribution in [3.8, 4) is 0 Å². The third-order valence-electron chi connectivity index (χ3n) is 3.24. The maximum absolute atomic E-state index is 3.81. The average molecular weight is 289 g/mol. The number of hydrogen-bond donors (Lipinski definition) is 0. The molecule has 0 amide bonds. The van der Waals surface area contributed by atoms with Crippen LogP contribution in [0.4, 0.5) is 0 Å². The van der Waals surface area contributed by atoms with Crippen molar-refractivity contribution in [2.75, 3.05) is 0 Å². The van der Waals surface area contributed by atoms with Gasteiger partial charge in [0.05, 0.1) is 0 Å². The highest BCUT2D eigenvalue weighted by Crippen LogP contribution is 2.17. The largest absolute Gasteiger partial charge is 0.222 e. The molecule has 0 aliphatic heterocycles. The van der Waals surface area contributed by atoms with Gasteiger partial charge in [0.1, 0.15) is 0 Å². The highest BCUT2D eigenvalue weighted by molar-refractivity contribution is 9.24.